The van der Waals surface area contributed by atoms with Gasteiger partial charge in [-0.2, -0.15) is 8.75 Å². The summed E-state index contributed by atoms with van der Waals surface area (Å²) in [5.74, 6) is -0.649. The van der Waals surface area contributed by atoms with Crippen LogP contribution in [0.2, 0.25) is 0 Å². The number of rotatable bonds is 6. The minimum absolute atomic E-state index is 0. The third-order valence-electron chi connectivity index (χ3n) is 5.91. The summed E-state index contributed by atoms with van der Waals surface area (Å²) in [6.07, 6.45) is 0.0685. The van der Waals surface area contributed by atoms with Crippen molar-refractivity contribution in [3.63, 3.8) is 0 Å². The van der Waals surface area contributed by atoms with Crippen molar-refractivity contribution in [2.24, 2.45) is 0 Å². The number of nitrogens with zero attached hydrogens (tertiary/aromatic N) is 2. The summed E-state index contributed by atoms with van der Waals surface area (Å²) in [5, 5.41) is 12.5. The van der Waals surface area contributed by atoms with Gasteiger partial charge in [0.25, 0.3) is 0 Å². The van der Waals surface area contributed by atoms with Crippen molar-refractivity contribution in [2.75, 3.05) is 6.79 Å². The molecule has 4 aromatic rings. The van der Waals surface area contributed by atoms with E-state index >= 15 is 0 Å². The molecule has 0 unspecified atom stereocenters. The Bertz CT molecular complexity index is 1490. The topological polar surface area (TPSA) is 101 Å². The van der Waals surface area contributed by atoms with Crippen LogP contribution in [0.1, 0.15) is 32.6 Å². The van der Waals surface area contributed by atoms with Crippen LogP contribution < -0.4 is 44.1 Å². The summed E-state index contributed by atoms with van der Waals surface area (Å²) in [6.45, 7) is 3.99. The maximum Gasteiger partial charge on any atom is 1.00 e. The number of Topliss-reactive ketones (excluding diaryl/α,β-unsaturated/α-hetero) is 1. The zero-order chi connectivity index (χ0) is 23.8. The molecule has 1 aliphatic heterocycles. The summed E-state index contributed by atoms with van der Waals surface area (Å²) in [5.41, 5.74) is 4.61. The third kappa shape index (κ3) is 5.01. The van der Waals surface area contributed by atoms with Crippen molar-refractivity contribution in [1.82, 2.24) is 8.75 Å². The van der Waals surface area contributed by atoms with E-state index in [0.717, 1.165) is 22.9 Å². The van der Waals surface area contributed by atoms with Gasteiger partial charge in [-0.1, -0.05) is 24.3 Å². The molecular formula is C26H19N2NaO5S. The number of aryl methyl sites for hydroxylation is 2. The van der Waals surface area contributed by atoms with E-state index in [-0.39, 0.29) is 59.7 Å². The molecule has 0 radical (unpaired) electrons. The van der Waals surface area contributed by atoms with Gasteiger partial charge in [-0.15, -0.1) is 0 Å². The molecule has 0 atom stereocenters. The Morgan fingerprint density at radius 3 is 2.40 bits per heavy atom. The molecule has 0 saturated heterocycles. The van der Waals surface area contributed by atoms with Crippen molar-refractivity contribution < 1.29 is 53.7 Å². The fraction of sp³-hybridized carbons (Fsp3) is 0.154. The first-order valence-corrected chi connectivity index (χ1v) is 11.3. The molecule has 0 saturated carbocycles. The third-order valence-corrected chi connectivity index (χ3v) is 6.47. The van der Waals surface area contributed by atoms with Gasteiger partial charge in [0.15, 0.2) is 17.3 Å². The number of carbonyl (C=O) groups excluding carboxylic acids is 2. The molecule has 7 nitrogen and oxygen atoms in total. The molecule has 1 aliphatic rings. The van der Waals surface area contributed by atoms with Gasteiger partial charge >= 0.3 is 29.6 Å². The van der Waals surface area contributed by atoms with E-state index < -0.39 is 5.97 Å². The Labute approximate surface area is 228 Å². The number of carbonyl (C=O) groups is 2. The van der Waals surface area contributed by atoms with Crippen LogP contribution in [-0.2, 0) is 11.2 Å². The second-order valence-electron chi connectivity index (χ2n) is 8.10. The molecular weight excluding hydrogens is 475 g/mol. The van der Waals surface area contributed by atoms with E-state index in [0.29, 0.717) is 39.2 Å². The number of fused-ring (bicyclic) bond motifs is 2. The molecule has 5 rings (SSSR count). The van der Waals surface area contributed by atoms with E-state index in [9.17, 15) is 14.7 Å². The molecule has 0 fully saturated rings. The average molecular weight is 495 g/mol. The van der Waals surface area contributed by atoms with Crippen LogP contribution in [-0.4, -0.2) is 27.3 Å². The summed E-state index contributed by atoms with van der Waals surface area (Å²) in [7, 11) is 0. The molecule has 9 heteroatoms. The van der Waals surface area contributed by atoms with Crippen LogP contribution in [0.4, 0.5) is 0 Å². The Morgan fingerprint density at radius 1 is 0.886 bits per heavy atom. The van der Waals surface area contributed by atoms with Crippen LogP contribution in [0.25, 0.3) is 16.6 Å². The molecule has 0 amide bonds. The van der Waals surface area contributed by atoms with Crippen molar-refractivity contribution in [3.05, 3.63) is 88.0 Å². The number of ether oxygens (including phenoxy) is 2. The number of benzene rings is 3. The maximum absolute atomic E-state index is 13.7. The first kappa shape index (κ1) is 25.1. The van der Waals surface area contributed by atoms with Crippen LogP contribution in [0.5, 0.6) is 11.5 Å². The number of allylic oxidation sites excluding steroid dienone is 1. The first-order chi connectivity index (χ1) is 16.4. The fourth-order valence-electron chi connectivity index (χ4n) is 3.95. The molecule has 2 heterocycles. The summed E-state index contributed by atoms with van der Waals surface area (Å²) in [4.78, 5) is 26.2. The fourth-order valence-corrected chi connectivity index (χ4v) is 4.46. The van der Waals surface area contributed by atoms with Crippen LogP contribution in [0, 0.1) is 13.8 Å². The standard InChI is InChI=1S/C26H20N2O5S.Na/c1-14-3-5-18(9-15(14)2)25(29)19(10-16-4-8-22-23(11-16)33-13-32-22)24(26(30)31)17-6-7-20-21(12-17)28-34-27-20;/h3-9,11-12H,10,13H2,1-2H3,(H,30,31);/q;+1/p-1. The van der Waals surface area contributed by atoms with E-state index in [1.54, 1.807) is 48.5 Å². The van der Waals surface area contributed by atoms with Gasteiger partial charge in [-0.05, 0) is 66.4 Å². The Balaban J connectivity index is 0.00000289. The van der Waals surface area contributed by atoms with Crippen LogP contribution in [0.3, 0.4) is 0 Å². The van der Waals surface area contributed by atoms with E-state index in [1.165, 1.54) is 0 Å². The number of hydrogen-bond acceptors (Lipinski definition) is 8. The van der Waals surface area contributed by atoms with Crippen molar-refractivity contribution >= 4 is 40.1 Å². The molecule has 0 N–H and O–H groups in total. The number of aliphatic carboxylic acids is 1. The molecule has 170 valence electrons. The number of aromatic nitrogens is 2. The van der Waals surface area contributed by atoms with E-state index in [2.05, 4.69) is 8.75 Å². The first-order valence-electron chi connectivity index (χ1n) is 10.6. The minimum Gasteiger partial charge on any atom is -0.545 e. The Morgan fingerprint density at radius 2 is 1.63 bits per heavy atom. The number of carboxylic acid groups (broad SMARTS) is 1. The zero-order valence-corrected chi connectivity index (χ0v) is 22.3. The predicted octanol–water partition coefficient (Wildman–Crippen LogP) is 0.670. The van der Waals surface area contributed by atoms with Crippen LogP contribution >= 0.6 is 11.7 Å². The quantitative estimate of drug-likeness (QED) is 0.221. The van der Waals surface area contributed by atoms with Crippen molar-refractivity contribution in [3.8, 4) is 11.5 Å². The summed E-state index contributed by atoms with van der Waals surface area (Å²) < 4.78 is 19.2. The Hall–Kier alpha value is -3.04. The number of carboxylic acids is 1. The van der Waals surface area contributed by atoms with Crippen LogP contribution in [0.15, 0.2) is 60.2 Å². The summed E-state index contributed by atoms with van der Waals surface area (Å²) >= 11 is 1.04. The van der Waals surface area contributed by atoms with Gasteiger partial charge in [-0.3, -0.25) is 4.79 Å². The van der Waals surface area contributed by atoms with Gasteiger partial charge in [-0.25, -0.2) is 0 Å². The smallest absolute Gasteiger partial charge is 0.545 e. The molecule has 1 aromatic heterocycles. The molecule has 0 aliphatic carbocycles. The molecule has 0 bridgehead atoms. The van der Waals surface area contributed by atoms with Crippen molar-refractivity contribution in [2.45, 2.75) is 20.3 Å². The zero-order valence-electron chi connectivity index (χ0n) is 19.5. The van der Waals surface area contributed by atoms with Gasteiger partial charge in [0.2, 0.25) is 6.79 Å². The molecule has 0 spiro atoms. The monoisotopic (exact) mass is 494 g/mol. The SMILES string of the molecule is Cc1ccc(C(=O)C(Cc2ccc3c(c2)OCO3)=C(C(=O)[O-])c2ccc3nsnc3c2)cc1C.[Na+]. The largest absolute Gasteiger partial charge is 1.00 e. The minimum atomic E-state index is -1.43. The maximum atomic E-state index is 13.7. The van der Waals surface area contributed by atoms with Gasteiger partial charge in [0, 0.05) is 23.1 Å². The Kier molecular flexibility index (Phi) is 7.37. The summed E-state index contributed by atoms with van der Waals surface area (Å²) in [6, 6.07) is 15.6. The second-order valence-corrected chi connectivity index (χ2v) is 8.63. The normalized spacial score (nSPS) is 12.7. The molecule has 3 aromatic carbocycles. The van der Waals surface area contributed by atoms with Gasteiger partial charge in [0.05, 0.1) is 17.7 Å². The predicted molar refractivity (Wildman–Crippen MR) is 126 cm³/mol. The number of ketones is 1. The van der Waals surface area contributed by atoms with E-state index in [4.69, 9.17) is 9.47 Å². The average Bonchev–Trinajstić information content (AvgIpc) is 3.48. The number of hydrogen-bond donors (Lipinski definition) is 0. The van der Waals surface area contributed by atoms with Gasteiger partial charge < -0.3 is 19.4 Å². The molecule has 35 heavy (non-hydrogen) atoms. The van der Waals surface area contributed by atoms with Gasteiger partial charge in [0.1, 0.15) is 11.0 Å². The van der Waals surface area contributed by atoms with E-state index in [1.807, 2.05) is 19.9 Å². The van der Waals surface area contributed by atoms with Crippen molar-refractivity contribution in [1.29, 1.82) is 0 Å². The second kappa shape index (κ2) is 10.3.